The van der Waals surface area contributed by atoms with Crippen LogP contribution in [0.4, 0.5) is 0 Å². The Kier molecular flexibility index (Phi) is 5.97. The van der Waals surface area contributed by atoms with E-state index in [1.54, 1.807) is 0 Å². The molecule has 0 aromatic carbocycles. The zero-order chi connectivity index (χ0) is 12.7. The van der Waals surface area contributed by atoms with E-state index in [4.69, 9.17) is 4.74 Å². The van der Waals surface area contributed by atoms with Crippen LogP contribution in [0.3, 0.4) is 0 Å². The van der Waals surface area contributed by atoms with E-state index in [1.165, 1.54) is 12.0 Å². The van der Waals surface area contributed by atoms with Crippen LogP contribution < -0.4 is 0 Å². The van der Waals surface area contributed by atoms with Crippen LogP contribution in [-0.4, -0.2) is 49.7 Å². The standard InChI is InChI=1S/C12H21NO4/c1-3-13(9-12(15)16-2)11(14)8-10-6-4-5-7-17-10/h10H,3-9H2,1-2H3. The first-order valence-corrected chi connectivity index (χ1v) is 6.13. The molecule has 0 aliphatic carbocycles. The van der Waals surface area contributed by atoms with E-state index < -0.39 is 0 Å². The molecule has 17 heavy (non-hydrogen) atoms. The molecule has 0 N–H and O–H groups in total. The third-order valence-electron chi connectivity index (χ3n) is 2.96. The second-order valence-corrected chi connectivity index (χ2v) is 4.18. The average molecular weight is 243 g/mol. The third-order valence-corrected chi connectivity index (χ3v) is 2.96. The number of rotatable bonds is 5. The van der Waals surface area contributed by atoms with Crippen LogP contribution in [0.2, 0.25) is 0 Å². The lowest BCUT2D eigenvalue weighted by Gasteiger charge is -2.25. The summed E-state index contributed by atoms with van der Waals surface area (Å²) in [7, 11) is 1.32. The predicted molar refractivity (Wildman–Crippen MR) is 62.5 cm³/mol. The van der Waals surface area contributed by atoms with Gasteiger partial charge in [0.15, 0.2) is 0 Å². The van der Waals surface area contributed by atoms with E-state index >= 15 is 0 Å². The van der Waals surface area contributed by atoms with Crippen LogP contribution in [-0.2, 0) is 19.1 Å². The molecule has 0 saturated carbocycles. The maximum absolute atomic E-state index is 11.9. The van der Waals surface area contributed by atoms with Crippen molar-refractivity contribution < 1.29 is 19.1 Å². The van der Waals surface area contributed by atoms with Crippen molar-refractivity contribution in [1.82, 2.24) is 4.90 Å². The second kappa shape index (κ2) is 7.27. The van der Waals surface area contributed by atoms with Gasteiger partial charge in [-0.2, -0.15) is 0 Å². The van der Waals surface area contributed by atoms with Crippen molar-refractivity contribution in [2.24, 2.45) is 0 Å². The van der Waals surface area contributed by atoms with Gasteiger partial charge in [0.1, 0.15) is 6.54 Å². The first-order chi connectivity index (χ1) is 8.17. The molecular formula is C12H21NO4. The van der Waals surface area contributed by atoms with Gasteiger partial charge in [0.2, 0.25) is 5.91 Å². The number of likely N-dealkylation sites (N-methyl/N-ethyl adjacent to an activating group) is 1. The monoisotopic (exact) mass is 243 g/mol. The van der Waals surface area contributed by atoms with E-state index in [0.29, 0.717) is 13.0 Å². The summed E-state index contributed by atoms with van der Waals surface area (Å²) < 4.78 is 10.1. The van der Waals surface area contributed by atoms with Crippen LogP contribution in [0.5, 0.6) is 0 Å². The third kappa shape index (κ3) is 4.73. The Morgan fingerprint density at radius 2 is 2.18 bits per heavy atom. The maximum Gasteiger partial charge on any atom is 0.325 e. The molecule has 5 nitrogen and oxygen atoms in total. The lowest BCUT2D eigenvalue weighted by atomic mass is 10.1. The van der Waals surface area contributed by atoms with Crippen molar-refractivity contribution >= 4 is 11.9 Å². The molecule has 0 spiro atoms. The van der Waals surface area contributed by atoms with Gasteiger partial charge in [-0.15, -0.1) is 0 Å². The summed E-state index contributed by atoms with van der Waals surface area (Å²) in [6, 6.07) is 0. The molecule has 0 aromatic heterocycles. The van der Waals surface area contributed by atoms with Crippen molar-refractivity contribution in [3.05, 3.63) is 0 Å². The highest BCUT2D eigenvalue weighted by Gasteiger charge is 2.22. The first kappa shape index (κ1) is 14.0. The summed E-state index contributed by atoms with van der Waals surface area (Å²) in [5.74, 6) is -0.422. The van der Waals surface area contributed by atoms with Gasteiger partial charge in [0.05, 0.1) is 19.6 Å². The first-order valence-electron chi connectivity index (χ1n) is 6.13. The molecule has 0 radical (unpaired) electrons. The number of nitrogens with zero attached hydrogens (tertiary/aromatic N) is 1. The van der Waals surface area contributed by atoms with E-state index in [1.807, 2.05) is 6.92 Å². The van der Waals surface area contributed by atoms with Gasteiger partial charge < -0.3 is 14.4 Å². The summed E-state index contributed by atoms with van der Waals surface area (Å²) in [5.41, 5.74) is 0. The minimum absolute atomic E-state index is 0.0166. The van der Waals surface area contributed by atoms with E-state index in [9.17, 15) is 9.59 Å². The smallest absolute Gasteiger partial charge is 0.325 e. The Balaban J connectivity index is 2.39. The van der Waals surface area contributed by atoms with Crippen LogP contribution >= 0.6 is 0 Å². The SMILES string of the molecule is CCN(CC(=O)OC)C(=O)CC1CCCCO1. The van der Waals surface area contributed by atoms with E-state index in [2.05, 4.69) is 4.74 Å². The number of carbonyl (C=O) groups excluding carboxylic acids is 2. The molecule has 0 bridgehead atoms. The Morgan fingerprint density at radius 1 is 1.41 bits per heavy atom. The highest BCUT2D eigenvalue weighted by Crippen LogP contribution is 2.16. The highest BCUT2D eigenvalue weighted by molar-refractivity contribution is 5.82. The lowest BCUT2D eigenvalue weighted by Crippen LogP contribution is -2.38. The van der Waals surface area contributed by atoms with E-state index in [0.717, 1.165) is 25.9 Å². The predicted octanol–water partition coefficient (Wildman–Crippen LogP) is 0.967. The molecule has 1 fully saturated rings. The molecule has 5 heteroatoms. The average Bonchev–Trinajstić information content (AvgIpc) is 2.36. The van der Waals surface area contributed by atoms with Crippen LogP contribution in [0, 0.1) is 0 Å². The fraction of sp³-hybridized carbons (Fsp3) is 0.833. The van der Waals surface area contributed by atoms with Crippen LogP contribution in [0.15, 0.2) is 0 Å². The summed E-state index contributed by atoms with van der Waals surface area (Å²) >= 11 is 0. The molecule has 1 amide bonds. The number of amides is 1. The number of ether oxygens (including phenoxy) is 2. The molecule has 0 aromatic rings. The van der Waals surface area contributed by atoms with E-state index in [-0.39, 0.29) is 24.5 Å². The molecule has 1 atom stereocenters. The van der Waals surface area contributed by atoms with Gasteiger partial charge in [0.25, 0.3) is 0 Å². The van der Waals surface area contributed by atoms with Gasteiger partial charge in [0, 0.05) is 13.2 Å². The molecule has 1 rings (SSSR count). The molecule has 1 saturated heterocycles. The minimum atomic E-state index is -0.384. The summed E-state index contributed by atoms with van der Waals surface area (Å²) in [5, 5.41) is 0. The van der Waals surface area contributed by atoms with Gasteiger partial charge in [-0.3, -0.25) is 9.59 Å². The van der Waals surface area contributed by atoms with Crippen molar-refractivity contribution in [2.45, 2.75) is 38.7 Å². The maximum atomic E-state index is 11.9. The summed E-state index contributed by atoms with van der Waals surface area (Å²) in [6.07, 6.45) is 3.50. The quantitative estimate of drug-likeness (QED) is 0.675. The number of hydrogen-bond acceptors (Lipinski definition) is 4. The number of esters is 1. The Hall–Kier alpha value is -1.10. The Morgan fingerprint density at radius 3 is 2.71 bits per heavy atom. The number of methoxy groups -OCH3 is 1. The molecule has 1 unspecified atom stereocenters. The number of hydrogen-bond donors (Lipinski definition) is 0. The molecule has 1 aliphatic rings. The molecule has 1 heterocycles. The fourth-order valence-corrected chi connectivity index (χ4v) is 1.89. The summed E-state index contributed by atoms with van der Waals surface area (Å²) in [4.78, 5) is 24.6. The highest BCUT2D eigenvalue weighted by atomic mass is 16.5. The van der Waals surface area contributed by atoms with Crippen molar-refractivity contribution in [2.75, 3.05) is 26.8 Å². The molecule has 1 aliphatic heterocycles. The largest absolute Gasteiger partial charge is 0.468 e. The van der Waals surface area contributed by atoms with Gasteiger partial charge >= 0.3 is 5.97 Å². The minimum Gasteiger partial charge on any atom is -0.468 e. The number of carbonyl (C=O) groups is 2. The Labute approximate surface area is 102 Å². The van der Waals surface area contributed by atoms with Gasteiger partial charge in [-0.05, 0) is 26.2 Å². The molecule has 98 valence electrons. The van der Waals surface area contributed by atoms with Crippen molar-refractivity contribution in [1.29, 1.82) is 0 Å². The zero-order valence-corrected chi connectivity index (χ0v) is 10.6. The zero-order valence-electron chi connectivity index (χ0n) is 10.6. The second-order valence-electron chi connectivity index (χ2n) is 4.18. The molecular weight excluding hydrogens is 222 g/mol. The summed E-state index contributed by atoms with van der Waals surface area (Å²) in [6.45, 7) is 3.13. The van der Waals surface area contributed by atoms with Crippen LogP contribution in [0.25, 0.3) is 0 Å². The fourth-order valence-electron chi connectivity index (χ4n) is 1.89. The lowest BCUT2D eigenvalue weighted by molar-refractivity contribution is -0.148. The van der Waals surface area contributed by atoms with Crippen molar-refractivity contribution in [3.8, 4) is 0 Å². The van der Waals surface area contributed by atoms with Crippen molar-refractivity contribution in [3.63, 3.8) is 0 Å². The topological polar surface area (TPSA) is 55.8 Å². The normalized spacial score (nSPS) is 19.8. The van der Waals surface area contributed by atoms with Crippen LogP contribution in [0.1, 0.15) is 32.6 Å². The van der Waals surface area contributed by atoms with Gasteiger partial charge in [-0.25, -0.2) is 0 Å². The Bertz CT molecular complexity index is 261. The van der Waals surface area contributed by atoms with Gasteiger partial charge in [-0.1, -0.05) is 0 Å².